The van der Waals surface area contributed by atoms with Gasteiger partial charge in [-0.2, -0.15) is 0 Å². The van der Waals surface area contributed by atoms with Crippen LogP contribution >= 0.6 is 0 Å². The van der Waals surface area contributed by atoms with E-state index >= 15 is 0 Å². The second-order valence-corrected chi connectivity index (χ2v) is 6.10. The number of esters is 1. The summed E-state index contributed by atoms with van der Waals surface area (Å²) in [7, 11) is 0. The molecule has 0 aliphatic carbocycles. The van der Waals surface area contributed by atoms with Crippen LogP contribution in [0.15, 0.2) is 46.9 Å². The van der Waals surface area contributed by atoms with E-state index in [9.17, 15) is 14.9 Å². The molecule has 0 amide bonds. The molecule has 0 unspecified atom stereocenters. The number of rotatable bonds is 5. The third-order valence-electron chi connectivity index (χ3n) is 4.14. The Hall–Kier alpha value is -3.55. The number of hydrogen-bond donors (Lipinski definition) is 0. The first-order valence-corrected chi connectivity index (χ1v) is 8.21. The molecule has 0 aliphatic rings. The Morgan fingerprint density at radius 1 is 1.11 bits per heavy atom. The first-order valence-electron chi connectivity index (χ1n) is 8.21. The van der Waals surface area contributed by atoms with Crippen molar-refractivity contribution in [2.24, 2.45) is 0 Å². The smallest absolute Gasteiger partial charge is 0.338 e. The van der Waals surface area contributed by atoms with Gasteiger partial charge in [-0.3, -0.25) is 10.1 Å². The lowest BCUT2D eigenvalue weighted by Crippen LogP contribution is -2.10. The van der Waals surface area contributed by atoms with E-state index in [-0.39, 0.29) is 17.5 Å². The molecular weight excluding hydrogens is 350 g/mol. The third-order valence-corrected chi connectivity index (χ3v) is 4.14. The van der Waals surface area contributed by atoms with Gasteiger partial charge in [-0.05, 0) is 56.2 Å². The Labute approximate surface area is 155 Å². The Balaban J connectivity index is 1.72. The molecule has 0 radical (unpaired) electrons. The highest BCUT2D eigenvalue weighted by Crippen LogP contribution is 2.25. The fraction of sp³-hybridized carbons (Fsp3) is 0.211. The largest absolute Gasteiger partial charge is 0.449 e. The van der Waals surface area contributed by atoms with Crippen LogP contribution in [0.3, 0.4) is 0 Å². The van der Waals surface area contributed by atoms with E-state index < -0.39 is 17.0 Å². The Morgan fingerprint density at radius 3 is 2.44 bits per heavy atom. The van der Waals surface area contributed by atoms with E-state index in [1.165, 1.54) is 24.3 Å². The number of nitrogens with zero attached hydrogens (tertiary/aromatic N) is 3. The van der Waals surface area contributed by atoms with Crippen LogP contribution in [0.2, 0.25) is 0 Å². The highest BCUT2D eigenvalue weighted by atomic mass is 16.6. The third kappa shape index (κ3) is 4.00. The number of hydrogen-bond acceptors (Lipinski definition) is 7. The zero-order valence-electron chi connectivity index (χ0n) is 15.0. The van der Waals surface area contributed by atoms with Crippen LogP contribution < -0.4 is 0 Å². The highest BCUT2D eigenvalue weighted by Gasteiger charge is 2.20. The minimum atomic E-state index is -0.738. The lowest BCUT2D eigenvalue weighted by atomic mass is 10.1. The van der Waals surface area contributed by atoms with Crippen molar-refractivity contribution in [1.82, 2.24) is 10.2 Å². The van der Waals surface area contributed by atoms with Gasteiger partial charge >= 0.3 is 5.97 Å². The quantitative estimate of drug-likeness (QED) is 0.378. The predicted molar refractivity (Wildman–Crippen MR) is 96.1 cm³/mol. The minimum Gasteiger partial charge on any atom is -0.449 e. The van der Waals surface area contributed by atoms with Gasteiger partial charge in [-0.1, -0.05) is 6.07 Å². The summed E-state index contributed by atoms with van der Waals surface area (Å²) in [6, 6.07) is 11.1. The number of aromatic nitrogens is 2. The fourth-order valence-corrected chi connectivity index (χ4v) is 2.39. The van der Waals surface area contributed by atoms with Crippen molar-refractivity contribution in [3.05, 3.63) is 75.2 Å². The Morgan fingerprint density at radius 2 is 1.81 bits per heavy atom. The molecule has 3 rings (SSSR count). The maximum atomic E-state index is 12.3. The number of nitro benzene ring substituents is 1. The zero-order valence-corrected chi connectivity index (χ0v) is 15.0. The van der Waals surface area contributed by atoms with E-state index in [2.05, 4.69) is 10.2 Å². The van der Waals surface area contributed by atoms with Crippen molar-refractivity contribution in [1.29, 1.82) is 0 Å². The van der Waals surface area contributed by atoms with Crippen LogP contribution in [0, 0.1) is 24.0 Å². The number of ether oxygens (including phenoxy) is 1. The molecule has 8 nitrogen and oxygen atoms in total. The molecular formula is C19H17N3O5. The van der Waals surface area contributed by atoms with Gasteiger partial charge in [-0.25, -0.2) is 4.79 Å². The van der Waals surface area contributed by atoms with Gasteiger partial charge in [0.15, 0.2) is 6.10 Å². The molecule has 1 heterocycles. The van der Waals surface area contributed by atoms with Crippen molar-refractivity contribution < 1.29 is 18.9 Å². The predicted octanol–water partition coefficient (Wildman–Crippen LogP) is 4.18. The summed E-state index contributed by atoms with van der Waals surface area (Å²) in [5, 5.41) is 18.5. The first-order chi connectivity index (χ1) is 12.8. The van der Waals surface area contributed by atoms with Crippen LogP contribution in [-0.2, 0) is 4.74 Å². The summed E-state index contributed by atoms with van der Waals surface area (Å²) in [6.07, 6.45) is -0.738. The van der Waals surface area contributed by atoms with E-state index in [1.807, 2.05) is 19.9 Å². The van der Waals surface area contributed by atoms with E-state index in [0.717, 1.165) is 11.1 Å². The molecule has 27 heavy (non-hydrogen) atoms. The van der Waals surface area contributed by atoms with Gasteiger partial charge in [0.1, 0.15) is 0 Å². The van der Waals surface area contributed by atoms with Crippen molar-refractivity contribution >= 4 is 11.7 Å². The highest BCUT2D eigenvalue weighted by molar-refractivity contribution is 5.89. The van der Waals surface area contributed by atoms with E-state index in [4.69, 9.17) is 9.15 Å². The molecule has 1 atom stereocenters. The SMILES string of the molecule is Cc1ccc(C(=O)O[C@@H](C)c2nnc(-c3ccc([N+](=O)[O-])cc3)o2)cc1C. The molecule has 0 aliphatic heterocycles. The number of aryl methyl sites for hydroxylation is 2. The van der Waals surface area contributed by atoms with Gasteiger partial charge in [0, 0.05) is 17.7 Å². The average molecular weight is 367 g/mol. The molecule has 3 aromatic rings. The maximum absolute atomic E-state index is 12.3. The van der Waals surface area contributed by atoms with Crippen molar-refractivity contribution in [2.45, 2.75) is 26.9 Å². The minimum absolute atomic E-state index is 0.0332. The monoisotopic (exact) mass is 367 g/mol. The summed E-state index contributed by atoms with van der Waals surface area (Å²) in [5.74, 6) is -0.157. The van der Waals surface area contributed by atoms with Gasteiger partial charge in [-0.15, -0.1) is 10.2 Å². The molecule has 138 valence electrons. The molecule has 8 heteroatoms. The summed E-state index contributed by atoms with van der Waals surface area (Å²) in [5.41, 5.74) is 3.03. The van der Waals surface area contributed by atoms with E-state index in [0.29, 0.717) is 11.1 Å². The number of carbonyl (C=O) groups excluding carboxylic acids is 1. The summed E-state index contributed by atoms with van der Waals surface area (Å²) in [4.78, 5) is 22.5. The Bertz CT molecular complexity index is 995. The molecule has 0 bridgehead atoms. The second kappa shape index (κ2) is 7.36. The summed E-state index contributed by atoms with van der Waals surface area (Å²) < 4.78 is 10.9. The number of non-ortho nitro benzene ring substituents is 1. The number of benzene rings is 2. The molecule has 0 fully saturated rings. The molecule has 0 saturated heterocycles. The van der Waals surface area contributed by atoms with Gasteiger partial charge in [0.25, 0.3) is 11.6 Å². The lowest BCUT2D eigenvalue weighted by molar-refractivity contribution is -0.384. The fourth-order valence-electron chi connectivity index (χ4n) is 2.39. The number of nitro groups is 1. The Kier molecular flexibility index (Phi) is 4.98. The van der Waals surface area contributed by atoms with Gasteiger partial charge in [0.2, 0.25) is 5.89 Å². The van der Waals surface area contributed by atoms with Gasteiger partial charge < -0.3 is 9.15 Å². The summed E-state index contributed by atoms with van der Waals surface area (Å²) >= 11 is 0. The van der Waals surface area contributed by atoms with Crippen LogP contribution in [0.4, 0.5) is 5.69 Å². The van der Waals surface area contributed by atoms with E-state index in [1.54, 1.807) is 19.1 Å². The summed E-state index contributed by atoms with van der Waals surface area (Å²) in [6.45, 7) is 5.52. The maximum Gasteiger partial charge on any atom is 0.338 e. The molecule has 0 N–H and O–H groups in total. The van der Waals surface area contributed by atoms with Crippen LogP contribution in [0.5, 0.6) is 0 Å². The normalized spacial score (nSPS) is 11.8. The topological polar surface area (TPSA) is 108 Å². The zero-order chi connectivity index (χ0) is 19.6. The standard InChI is InChI=1S/C19H17N3O5/c1-11-4-5-15(10-12(11)2)19(23)26-13(3)17-20-21-18(27-17)14-6-8-16(9-7-14)22(24)25/h4-10,13H,1-3H3/t13-/m0/s1. The van der Waals surface area contributed by atoms with Crippen LogP contribution in [0.1, 0.15) is 40.4 Å². The molecule has 0 saturated carbocycles. The van der Waals surface area contributed by atoms with Crippen LogP contribution in [-0.4, -0.2) is 21.1 Å². The van der Waals surface area contributed by atoms with Gasteiger partial charge in [0.05, 0.1) is 10.5 Å². The number of carbonyl (C=O) groups is 1. The first kappa shape index (κ1) is 18.2. The molecule has 2 aromatic carbocycles. The van der Waals surface area contributed by atoms with Crippen molar-refractivity contribution in [2.75, 3.05) is 0 Å². The average Bonchev–Trinajstić information content (AvgIpc) is 3.14. The molecule has 0 spiro atoms. The van der Waals surface area contributed by atoms with Crippen molar-refractivity contribution in [3.8, 4) is 11.5 Å². The molecule has 1 aromatic heterocycles. The van der Waals surface area contributed by atoms with Crippen LogP contribution in [0.25, 0.3) is 11.5 Å². The van der Waals surface area contributed by atoms with Crippen molar-refractivity contribution in [3.63, 3.8) is 0 Å². The lowest BCUT2D eigenvalue weighted by Gasteiger charge is -2.10. The second-order valence-electron chi connectivity index (χ2n) is 6.10.